The van der Waals surface area contributed by atoms with Crippen LogP contribution in [0.3, 0.4) is 0 Å². The van der Waals surface area contributed by atoms with Gasteiger partial charge in [0, 0.05) is 19.3 Å². The third-order valence-electron chi connectivity index (χ3n) is 3.94. The number of unbranched alkanes of at least 4 members (excludes halogenated alkanes) is 1. The van der Waals surface area contributed by atoms with Crippen molar-refractivity contribution in [2.75, 3.05) is 24.2 Å². The zero-order valence-electron chi connectivity index (χ0n) is 14.7. The number of hydrogen-bond acceptors (Lipinski definition) is 7. The molecule has 0 bridgehead atoms. The lowest BCUT2D eigenvalue weighted by molar-refractivity contribution is 0.211. The summed E-state index contributed by atoms with van der Waals surface area (Å²) in [5.74, 6) is 1.59. The van der Waals surface area contributed by atoms with Crippen LogP contribution in [0.4, 0.5) is 11.8 Å². The van der Waals surface area contributed by atoms with E-state index in [0.717, 1.165) is 31.4 Å². The molecule has 7 nitrogen and oxygen atoms in total. The number of anilines is 2. The van der Waals surface area contributed by atoms with Crippen molar-refractivity contribution in [3.8, 4) is 5.75 Å². The molecule has 7 heteroatoms. The molecule has 0 spiro atoms. The van der Waals surface area contributed by atoms with E-state index in [1.165, 1.54) is 0 Å². The summed E-state index contributed by atoms with van der Waals surface area (Å²) in [5.41, 5.74) is 6.51. The minimum absolute atomic E-state index is 0.192. The number of aliphatic hydroxyl groups is 1. The first-order valence-electron chi connectivity index (χ1n) is 8.72. The quantitative estimate of drug-likeness (QED) is 0.575. The normalized spacial score (nSPS) is 11.9. The SMILES string of the molecule is CCCC[C@@H](CO)CCNc1nc(N)ncc1OCc1ccccn1. The summed E-state index contributed by atoms with van der Waals surface area (Å²) in [5, 5.41) is 12.7. The number of nitrogens with zero attached hydrogens (tertiary/aromatic N) is 3. The van der Waals surface area contributed by atoms with E-state index in [-0.39, 0.29) is 12.6 Å². The van der Waals surface area contributed by atoms with Gasteiger partial charge in [-0.25, -0.2) is 4.98 Å². The van der Waals surface area contributed by atoms with Gasteiger partial charge in [0.2, 0.25) is 5.95 Å². The monoisotopic (exact) mass is 345 g/mol. The molecular formula is C18H27N5O2. The number of nitrogens with two attached hydrogens (primary N) is 1. The van der Waals surface area contributed by atoms with E-state index in [1.807, 2.05) is 18.2 Å². The van der Waals surface area contributed by atoms with Crippen LogP contribution >= 0.6 is 0 Å². The second-order valence-corrected chi connectivity index (χ2v) is 5.96. The Labute approximate surface area is 148 Å². The molecule has 2 rings (SSSR count). The second-order valence-electron chi connectivity index (χ2n) is 5.96. The summed E-state index contributed by atoms with van der Waals surface area (Å²) >= 11 is 0. The molecule has 0 unspecified atom stereocenters. The standard InChI is InChI=1S/C18H27N5O2/c1-2-3-6-14(12-24)8-10-21-17-16(11-22-18(19)23-17)25-13-15-7-4-5-9-20-15/h4-5,7,9,11,14,24H,2-3,6,8,10,12-13H2,1H3,(H3,19,21,22,23)/t14-/m1/s1. The molecule has 1 atom stereocenters. The lowest BCUT2D eigenvalue weighted by atomic mass is 9.99. The fourth-order valence-electron chi connectivity index (χ4n) is 2.47. The van der Waals surface area contributed by atoms with Crippen LogP contribution in [-0.2, 0) is 6.61 Å². The zero-order chi connectivity index (χ0) is 17.9. The van der Waals surface area contributed by atoms with Crippen molar-refractivity contribution in [3.05, 3.63) is 36.3 Å². The van der Waals surface area contributed by atoms with Gasteiger partial charge < -0.3 is 20.9 Å². The lowest BCUT2D eigenvalue weighted by Crippen LogP contribution is -2.14. The van der Waals surface area contributed by atoms with Crippen molar-refractivity contribution < 1.29 is 9.84 Å². The maximum Gasteiger partial charge on any atom is 0.222 e. The Morgan fingerprint density at radius 1 is 1.28 bits per heavy atom. The Bertz CT molecular complexity index is 624. The van der Waals surface area contributed by atoms with Crippen LogP contribution in [0.25, 0.3) is 0 Å². The minimum atomic E-state index is 0.192. The number of rotatable bonds is 11. The fraction of sp³-hybridized carbons (Fsp3) is 0.500. The molecule has 2 aromatic rings. The van der Waals surface area contributed by atoms with Crippen molar-refractivity contribution in [2.45, 2.75) is 39.2 Å². The van der Waals surface area contributed by atoms with Crippen molar-refractivity contribution in [3.63, 3.8) is 0 Å². The molecule has 0 saturated carbocycles. The van der Waals surface area contributed by atoms with E-state index in [0.29, 0.717) is 30.6 Å². The Kier molecular flexibility index (Phi) is 7.91. The van der Waals surface area contributed by atoms with Crippen LogP contribution in [0, 0.1) is 5.92 Å². The predicted molar refractivity (Wildman–Crippen MR) is 98.2 cm³/mol. The van der Waals surface area contributed by atoms with Crippen LogP contribution in [0.15, 0.2) is 30.6 Å². The Morgan fingerprint density at radius 3 is 2.88 bits per heavy atom. The van der Waals surface area contributed by atoms with E-state index in [4.69, 9.17) is 10.5 Å². The maximum atomic E-state index is 9.45. The third kappa shape index (κ3) is 6.54. The first-order valence-corrected chi connectivity index (χ1v) is 8.72. The zero-order valence-corrected chi connectivity index (χ0v) is 14.7. The molecule has 136 valence electrons. The molecule has 0 aliphatic heterocycles. The molecule has 0 aromatic carbocycles. The third-order valence-corrected chi connectivity index (χ3v) is 3.94. The number of pyridine rings is 1. The number of nitrogens with one attached hydrogen (secondary N) is 1. The highest BCUT2D eigenvalue weighted by Crippen LogP contribution is 2.23. The molecule has 2 heterocycles. The Morgan fingerprint density at radius 2 is 2.16 bits per heavy atom. The molecule has 0 aliphatic carbocycles. The first-order chi connectivity index (χ1) is 12.2. The summed E-state index contributed by atoms with van der Waals surface area (Å²) in [4.78, 5) is 12.4. The van der Waals surface area contributed by atoms with Crippen LogP contribution < -0.4 is 15.8 Å². The summed E-state index contributed by atoms with van der Waals surface area (Å²) in [7, 11) is 0. The second kappa shape index (κ2) is 10.5. The van der Waals surface area contributed by atoms with E-state index in [1.54, 1.807) is 12.4 Å². The minimum Gasteiger partial charge on any atom is -0.482 e. The van der Waals surface area contributed by atoms with E-state index < -0.39 is 0 Å². The fourth-order valence-corrected chi connectivity index (χ4v) is 2.47. The van der Waals surface area contributed by atoms with E-state index in [9.17, 15) is 5.11 Å². The number of ether oxygens (including phenoxy) is 1. The van der Waals surface area contributed by atoms with Crippen molar-refractivity contribution >= 4 is 11.8 Å². The van der Waals surface area contributed by atoms with Gasteiger partial charge in [0.1, 0.15) is 6.61 Å². The van der Waals surface area contributed by atoms with Crippen LogP contribution in [-0.4, -0.2) is 33.2 Å². The van der Waals surface area contributed by atoms with Crippen molar-refractivity contribution in [1.29, 1.82) is 0 Å². The highest BCUT2D eigenvalue weighted by atomic mass is 16.5. The average molecular weight is 345 g/mol. The molecule has 25 heavy (non-hydrogen) atoms. The summed E-state index contributed by atoms with van der Waals surface area (Å²) in [6.07, 6.45) is 7.45. The molecule has 0 aliphatic rings. The lowest BCUT2D eigenvalue weighted by Gasteiger charge is -2.16. The highest BCUT2D eigenvalue weighted by Gasteiger charge is 2.10. The van der Waals surface area contributed by atoms with Gasteiger partial charge in [0.25, 0.3) is 0 Å². The Balaban J connectivity index is 1.91. The maximum absolute atomic E-state index is 9.45. The van der Waals surface area contributed by atoms with Gasteiger partial charge in [-0.2, -0.15) is 4.98 Å². The van der Waals surface area contributed by atoms with Crippen molar-refractivity contribution in [1.82, 2.24) is 15.0 Å². The van der Waals surface area contributed by atoms with Gasteiger partial charge in [0.05, 0.1) is 11.9 Å². The van der Waals surface area contributed by atoms with Gasteiger partial charge in [-0.1, -0.05) is 25.8 Å². The molecular weight excluding hydrogens is 318 g/mol. The van der Waals surface area contributed by atoms with Gasteiger partial charge in [-0.05, 0) is 30.9 Å². The number of nitrogen functional groups attached to an aromatic ring is 1. The summed E-state index contributed by atoms with van der Waals surface area (Å²) in [6, 6.07) is 5.67. The van der Waals surface area contributed by atoms with Crippen LogP contribution in [0.1, 0.15) is 38.3 Å². The average Bonchev–Trinajstić information content (AvgIpc) is 2.64. The summed E-state index contributed by atoms with van der Waals surface area (Å²) < 4.78 is 5.77. The van der Waals surface area contributed by atoms with Gasteiger partial charge >= 0.3 is 0 Å². The van der Waals surface area contributed by atoms with Gasteiger partial charge in [0.15, 0.2) is 11.6 Å². The Hall–Kier alpha value is -2.41. The first kappa shape index (κ1) is 18.9. The van der Waals surface area contributed by atoms with Crippen LogP contribution in [0.2, 0.25) is 0 Å². The predicted octanol–water partition coefficient (Wildman–Crippen LogP) is 2.63. The van der Waals surface area contributed by atoms with Crippen molar-refractivity contribution in [2.24, 2.45) is 5.92 Å². The molecule has 2 aromatic heterocycles. The van der Waals surface area contributed by atoms with Gasteiger partial charge in [-0.3, -0.25) is 4.98 Å². The summed E-state index contributed by atoms with van der Waals surface area (Å²) in [6.45, 7) is 3.38. The largest absolute Gasteiger partial charge is 0.482 e. The van der Waals surface area contributed by atoms with Gasteiger partial charge in [-0.15, -0.1) is 0 Å². The molecule has 0 radical (unpaired) electrons. The number of hydrogen-bond donors (Lipinski definition) is 3. The number of aliphatic hydroxyl groups excluding tert-OH is 1. The molecule has 0 saturated heterocycles. The molecule has 0 fully saturated rings. The smallest absolute Gasteiger partial charge is 0.222 e. The van der Waals surface area contributed by atoms with Crippen LogP contribution in [0.5, 0.6) is 5.75 Å². The molecule has 4 N–H and O–H groups in total. The highest BCUT2D eigenvalue weighted by molar-refractivity contribution is 5.51. The van der Waals surface area contributed by atoms with E-state index in [2.05, 4.69) is 27.2 Å². The van der Waals surface area contributed by atoms with E-state index >= 15 is 0 Å². The molecule has 0 amide bonds. The topological polar surface area (TPSA) is 106 Å². The number of aromatic nitrogens is 3.